The van der Waals surface area contributed by atoms with Crippen molar-refractivity contribution in [2.24, 2.45) is 0 Å². The van der Waals surface area contributed by atoms with Crippen LogP contribution in [0.4, 0.5) is 0 Å². The number of nitrogens with one attached hydrogen (secondary N) is 1. The van der Waals surface area contributed by atoms with Gasteiger partial charge in [-0.25, -0.2) is 13.2 Å². The monoisotopic (exact) mass is 365 g/mol. The lowest BCUT2D eigenvalue weighted by Gasteiger charge is -2.14. The van der Waals surface area contributed by atoms with Gasteiger partial charge in [-0.05, 0) is 49.9 Å². The van der Waals surface area contributed by atoms with Gasteiger partial charge < -0.3 is 10.4 Å². The van der Waals surface area contributed by atoms with Crippen molar-refractivity contribution >= 4 is 21.7 Å². The first-order chi connectivity index (χ1) is 11.9. The van der Waals surface area contributed by atoms with Crippen molar-refractivity contribution < 1.29 is 23.1 Å². The number of hydrogen-bond acceptors (Lipinski definition) is 4. The highest BCUT2D eigenvalue weighted by Crippen LogP contribution is 2.29. The van der Waals surface area contributed by atoms with E-state index < -0.39 is 27.8 Å². The van der Waals surface area contributed by atoms with Gasteiger partial charge in [0.2, 0.25) is 0 Å². The fourth-order valence-corrected chi connectivity index (χ4v) is 4.82. The van der Waals surface area contributed by atoms with E-state index in [4.69, 9.17) is 5.11 Å². The van der Waals surface area contributed by atoms with Crippen molar-refractivity contribution in [1.29, 1.82) is 0 Å². The average Bonchev–Trinajstić information content (AvgIpc) is 3.13. The lowest BCUT2D eigenvalue weighted by molar-refractivity contribution is -0.139. The first kappa shape index (κ1) is 19.2. The van der Waals surface area contributed by atoms with Crippen LogP contribution in [0.25, 0.3) is 0 Å². The summed E-state index contributed by atoms with van der Waals surface area (Å²) in [6, 6.07) is 4.67. The average molecular weight is 365 g/mol. The number of allylic oxidation sites excluding steroid dienone is 1. The van der Waals surface area contributed by atoms with Gasteiger partial charge in [-0.1, -0.05) is 18.9 Å². The Morgan fingerprint density at radius 2 is 1.84 bits per heavy atom. The first-order valence-corrected chi connectivity index (χ1v) is 9.89. The number of benzene rings is 1. The van der Waals surface area contributed by atoms with Gasteiger partial charge in [-0.15, -0.1) is 6.58 Å². The van der Waals surface area contributed by atoms with Gasteiger partial charge in [0.15, 0.2) is 9.84 Å². The van der Waals surface area contributed by atoms with Gasteiger partial charge in [0.1, 0.15) is 6.04 Å². The number of rotatable bonds is 8. The molecular weight excluding hydrogens is 342 g/mol. The maximum Gasteiger partial charge on any atom is 0.326 e. The third-order valence-electron chi connectivity index (χ3n) is 4.45. The number of carboxylic acids is 1. The predicted molar refractivity (Wildman–Crippen MR) is 94.2 cm³/mol. The van der Waals surface area contributed by atoms with Crippen molar-refractivity contribution in [3.8, 4) is 0 Å². The van der Waals surface area contributed by atoms with Gasteiger partial charge in [0, 0.05) is 5.56 Å². The molecule has 2 rings (SSSR count). The molecule has 0 bridgehead atoms. The fraction of sp³-hybridized carbons (Fsp3) is 0.444. The van der Waals surface area contributed by atoms with Crippen LogP contribution < -0.4 is 5.32 Å². The molecule has 0 heterocycles. The zero-order chi connectivity index (χ0) is 18.4. The Morgan fingerprint density at radius 1 is 1.24 bits per heavy atom. The zero-order valence-corrected chi connectivity index (χ0v) is 14.8. The summed E-state index contributed by atoms with van der Waals surface area (Å²) in [6.45, 7) is 3.53. The Balaban J connectivity index is 2.09. The molecule has 1 aromatic carbocycles. The summed E-state index contributed by atoms with van der Waals surface area (Å²) in [6.07, 6.45) is 5.50. The van der Waals surface area contributed by atoms with Crippen LogP contribution in [0.2, 0.25) is 0 Å². The number of carboxylic acid groups (broad SMARTS) is 1. The molecule has 6 nitrogen and oxygen atoms in total. The van der Waals surface area contributed by atoms with Gasteiger partial charge in [-0.3, -0.25) is 4.79 Å². The van der Waals surface area contributed by atoms with Crippen molar-refractivity contribution in [3.63, 3.8) is 0 Å². The largest absolute Gasteiger partial charge is 0.480 e. The van der Waals surface area contributed by atoms with Crippen LogP contribution in [0.3, 0.4) is 0 Å². The minimum atomic E-state index is -3.37. The molecule has 0 aromatic heterocycles. The Kier molecular flexibility index (Phi) is 6.36. The molecular formula is C18H23NO5S. The van der Waals surface area contributed by atoms with E-state index in [1.54, 1.807) is 6.08 Å². The van der Waals surface area contributed by atoms with Crippen molar-refractivity contribution in [3.05, 3.63) is 42.5 Å². The van der Waals surface area contributed by atoms with Gasteiger partial charge >= 0.3 is 5.97 Å². The molecule has 1 amide bonds. The molecule has 1 atom stereocenters. The second kappa shape index (κ2) is 8.29. The molecule has 2 N–H and O–H groups in total. The normalized spacial score (nSPS) is 16.3. The van der Waals surface area contributed by atoms with E-state index in [2.05, 4.69) is 11.9 Å². The zero-order valence-electron chi connectivity index (χ0n) is 14.0. The number of amides is 1. The van der Waals surface area contributed by atoms with Crippen LogP contribution in [0.15, 0.2) is 41.8 Å². The summed E-state index contributed by atoms with van der Waals surface area (Å²) in [7, 11) is -3.37. The minimum Gasteiger partial charge on any atom is -0.480 e. The van der Waals surface area contributed by atoms with Crippen LogP contribution in [-0.4, -0.2) is 36.7 Å². The van der Waals surface area contributed by atoms with E-state index in [-0.39, 0.29) is 22.1 Å². The third kappa shape index (κ3) is 4.69. The van der Waals surface area contributed by atoms with Gasteiger partial charge in [0.25, 0.3) is 5.91 Å². The molecule has 25 heavy (non-hydrogen) atoms. The number of carbonyl (C=O) groups excluding carboxylic acids is 1. The maximum atomic E-state index is 12.5. The summed E-state index contributed by atoms with van der Waals surface area (Å²) in [5.74, 6) is -1.66. The fourth-order valence-electron chi connectivity index (χ4n) is 2.97. The van der Waals surface area contributed by atoms with Gasteiger partial charge in [-0.2, -0.15) is 0 Å². The lowest BCUT2D eigenvalue weighted by atomic mass is 10.1. The highest BCUT2D eigenvalue weighted by atomic mass is 32.2. The quantitative estimate of drug-likeness (QED) is 0.690. The smallest absolute Gasteiger partial charge is 0.326 e. The van der Waals surface area contributed by atoms with E-state index in [9.17, 15) is 18.0 Å². The molecule has 1 aromatic rings. The second-order valence-electron chi connectivity index (χ2n) is 6.21. The molecule has 0 radical (unpaired) electrons. The highest BCUT2D eigenvalue weighted by Gasteiger charge is 2.30. The van der Waals surface area contributed by atoms with E-state index in [1.165, 1.54) is 24.3 Å². The number of aliphatic carboxylic acids is 1. The molecule has 1 aliphatic carbocycles. The van der Waals surface area contributed by atoms with Crippen LogP contribution in [0.1, 0.15) is 48.9 Å². The topological polar surface area (TPSA) is 101 Å². The Hall–Kier alpha value is -2.15. The first-order valence-electron chi connectivity index (χ1n) is 8.34. The molecule has 7 heteroatoms. The van der Waals surface area contributed by atoms with E-state index in [0.717, 1.165) is 12.8 Å². The SMILES string of the molecule is C=CCCC(NC(=O)c1ccc(S(=O)(=O)C2CCCC2)cc1)C(=O)O. The van der Waals surface area contributed by atoms with E-state index >= 15 is 0 Å². The third-order valence-corrected chi connectivity index (χ3v) is 6.73. The molecule has 1 saturated carbocycles. The van der Waals surface area contributed by atoms with Crippen molar-refractivity contribution in [2.45, 2.75) is 54.7 Å². The number of carbonyl (C=O) groups is 2. The molecule has 0 aliphatic heterocycles. The van der Waals surface area contributed by atoms with Crippen LogP contribution >= 0.6 is 0 Å². The van der Waals surface area contributed by atoms with Crippen molar-refractivity contribution in [1.82, 2.24) is 5.32 Å². The molecule has 1 fully saturated rings. The predicted octanol–water partition coefficient (Wildman–Crippen LogP) is 2.55. The van der Waals surface area contributed by atoms with E-state index in [0.29, 0.717) is 19.3 Å². The van der Waals surface area contributed by atoms with Crippen molar-refractivity contribution in [2.75, 3.05) is 0 Å². The highest BCUT2D eigenvalue weighted by molar-refractivity contribution is 7.92. The molecule has 1 unspecified atom stereocenters. The lowest BCUT2D eigenvalue weighted by Crippen LogP contribution is -2.40. The summed E-state index contributed by atoms with van der Waals surface area (Å²) in [5.41, 5.74) is 0.232. The molecule has 0 saturated heterocycles. The number of sulfone groups is 1. The summed E-state index contributed by atoms with van der Waals surface area (Å²) in [4.78, 5) is 23.6. The summed E-state index contributed by atoms with van der Waals surface area (Å²) < 4.78 is 25.0. The summed E-state index contributed by atoms with van der Waals surface area (Å²) in [5, 5.41) is 11.2. The standard InChI is InChI=1S/C18H23NO5S/c1-2-3-8-16(18(21)22)19-17(20)13-9-11-15(12-10-13)25(23,24)14-6-4-5-7-14/h2,9-12,14,16H,1,3-8H2,(H,19,20)(H,21,22). The molecule has 136 valence electrons. The molecule has 0 spiro atoms. The maximum absolute atomic E-state index is 12.5. The Bertz CT molecular complexity index is 733. The minimum absolute atomic E-state index is 0.206. The number of hydrogen-bond donors (Lipinski definition) is 2. The van der Waals surface area contributed by atoms with Gasteiger partial charge in [0.05, 0.1) is 10.1 Å². The Morgan fingerprint density at radius 3 is 2.36 bits per heavy atom. The van der Waals surface area contributed by atoms with E-state index in [1.807, 2.05) is 0 Å². The Labute approximate surface area is 147 Å². The molecule has 1 aliphatic rings. The van der Waals surface area contributed by atoms with Crippen LogP contribution in [-0.2, 0) is 14.6 Å². The van der Waals surface area contributed by atoms with Crippen LogP contribution in [0, 0.1) is 0 Å². The summed E-state index contributed by atoms with van der Waals surface area (Å²) >= 11 is 0. The second-order valence-corrected chi connectivity index (χ2v) is 8.43. The van der Waals surface area contributed by atoms with Crippen LogP contribution in [0.5, 0.6) is 0 Å².